The quantitative estimate of drug-likeness (QED) is 0.361. The van der Waals surface area contributed by atoms with E-state index in [1.165, 1.54) is 15.6 Å². The van der Waals surface area contributed by atoms with Crippen molar-refractivity contribution in [1.29, 1.82) is 0 Å². The first-order valence-electron chi connectivity index (χ1n) is 10.4. The average molecular weight is 465 g/mol. The maximum absolute atomic E-state index is 13.4. The molecule has 0 aliphatic heterocycles. The number of aryl methyl sites for hydroxylation is 1. The van der Waals surface area contributed by atoms with Crippen LogP contribution >= 0.6 is 11.3 Å². The van der Waals surface area contributed by atoms with E-state index in [1.54, 1.807) is 30.3 Å². The average Bonchev–Trinajstić information content (AvgIpc) is 3.22. The molecule has 1 N–H and O–H groups in total. The van der Waals surface area contributed by atoms with Gasteiger partial charge in [-0.05, 0) is 67.3 Å². The Balaban J connectivity index is 1.66. The molecular weight excluding hydrogens is 440 g/mol. The van der Waals surface area contributed by atoms with E-state index in [0.717, 1.165) is 21.3 Å². The predicted octanol–water partition coefficient (Wildman–Crippen LogP) is 6.07. The number of sulfonamides is 1. The normalized spacial score (nSPS) is 11.4. The molecule has 7 heteroatoms. The highest BCUT2D eigenvalue weighted by molar-refractivity contribution is 7.92. The number of rotatable bonds is 7. The summed E-state index contributed by atoms with van der Waals surface area (Å²) in [6, 6.07) is 23.5. The van der Waals surface area contributed by atoms with Crippen LogP contribution in [0.5, 0.6) is 0 Å². The minimum absolute atomic E-state index is 0.184. The number of fused-ring (bicyclic) bond motifs is 1. The van der Waals surface area contributed by atoms with Crippen molar-refractivity contribution in [2.75, 3.05) is 16.2 Å². The molecule has 0 aliphatic carbocycles. The highest BCUT2D eigenvalue weighted by Crippen LogP contribution is 2.32. The van der Waals surface area contributed by atoms with Gasteiger partial charge in [-0.1, -0.05) is 42.8 Å². The monoisotopic (exact) mass is 464 g/mol. The van der Waals surface area contributed by atoms with Crippen molar-refractivity contribution in [2.45, 2.75) is 25.2 Å². The number of carbonyl (C=O) groups excluding carboxylic acids is 1. The van der Waals surface area contributed by atoms with Gasteiger partial charge in [0.2, 0.25) is 0 Å². The number of para-hydroxylation sites is 1. The Morgan fingerprint density at radius 3 is 2.38 bits per heavy atom. The minimum Gasteiger partial charge on any atom is -0.321 e. The van der Waals surface area contributed by atoms with E-state index >= 15 is 0 Å². The van der Waals surface area contributed by atoms with E-state index in [4.69, 9.17) is 0 Å². The molecule has 0 radical (unpaired) electrons. The van der Waals surface area contributed by atoms with Crippen LogP contribution in [0, 0.1) is 6.92 Å². The van der Waals surface area contributed by atoms with E-state index in [0.29, 0.717) is 23.5 Å². The van der Waals surface area contributed by atoms with Gasteiger partial charge in [-0.25, -0.2) is 8.42 Å². The fourth-order valence-electron chi connectivity index (χ4n) is 3.44. The van der Waals surface area contributed by atoms with Crippen LogP contribution < -0.4 is 9.62 Å². The van der Waals surface area contributed by atoms with Crippen LogP contribution in [0.25, 0.3) is 10.1 Å². The van der Waals surface area contributed by atoms with Crippen molar-refractivity contribution in [1.82, 2.24) is 0 Å². The highest BCUT2D eigenvalue weighted by Gasteiger charge is 2.24. The maximum Gasteiger partial charge on any atom is 0.265 e. The number of anilines is 2. The fraction of sp³-hybridized carbons (Fsp3) is 0.160. The largest absolute Gasteiger partial charge is 0.321 e. The zero-order chi connectivity index (χ0) is 22.7. The Bertz CT molecular complexity index is 1350. The molecule has 0 unspecified atom stereocenters. The lowest BCUT2D eigenvalue weighted by molar-refractivity contribution is 0.103. The summed E-state index contributed by atoms with van der Waals surface area (Å²) in [5, 5.41) is 3.73. The van der Waals surface area contributed by atoms with E-state index in [1.807, 2.05) is 62.4 Å². The standard InChI is InChI=1S/C25H24N2O3S2/c1-3-15-27(32(29,30)22-12-9-18(2)10-13-22)21-11-14-23-19(16-21)17-24(31-23)25(28)26-20-7-5-4-6-8-20/h4-14,16-17H,3,15H2,1-2H3,(H,26,28). The van der Waals surface area contributed by atoms with Gasteiger partial charge in [0, 0.05) is 16.9 Å². The van der Waals surface area contributed by atoms with Gasteiger partial charge in [0.1, 0.15) is 0 Å². The van der Waals surface area contributed by atoms with Gasteiger partial charge >= 0.3 is 0 Å². The van der Waals surface area contributed by atoms with E-state index in [9.17, 15) is 13.2 Å². The summed E-state index contributed by atoms with van der Waals surface area (Å²) in [6.07, 6.45) is 0.678. The fourth-order valence-corrected chi connectivity index (χ4v) is 5.93. The molecule has 4 rings (SSSR count). The van der Waals surface area contributed by atoms with Crippen LogP contribution in [0.1, 0.15) is 28.6 Å². The zero-order valence-corrected chi connectivity index (χ0v) is 19.5. The third-order valence-corrected chi connectivity index (χ3v) is 8.04. The van der Waals surface area contributed by atoms with Crippen molar-refractivity contribution in [2.24, 2.45) is 0 Å². The summed E-state index contributed by atoms with van der Waals surface area (Å²) in [7, 11) is -3.69. The molecule has 5 nitrogen and oxygen atoms in total. The molecule has 3 aromatic carbocycles. The van der Waals surface area contributed by atoms with E-state index in [2.05, 4.69) is 5.32 Å². The molecule has 1 amide bonds. The van der Waals surface area contributed by atoms with Gasteiger partial charge in [-0.15, -0.1) is 11.3 Å². The molecule has 0 bridgehead atoms. The second kappa shape index (κ2) is 9.14. The Morgan fingerprint density at radius 1 is 0.969 bits per heavy atom. The molecule has 0 fully saturated rings. The number of thiophene rings is 1. The number of hydrogen-bond donors (Lipinski definition) is 1. The van der Waals surface area contributed by atoms with E-state index < -0.39 is 10.0 Å². The summed E-state index contributed by atoms with van der Waals surface area (Å²) < 4.78 is 29.1. The van der Waals surface area contributed by atoms with Crippen molar-refractivity contribution in [3.63, 3.8) is 0 Å². The second-order valence-electron chi connectivity index (χ2n) is 7.54. The number of benzene rings is 3. The summed E-state index contributed by atoms with van der Waals surface area (Å²) in [5.74, 6) is -0.184. The third kappa shape index (κ3) is 4.54. The molecule has 1 aromatic heterocycles. The maximum atomic E-state index is 13.4. The van der Waals surface area contributed by atoms with Gasteiger partial charge < -0.3 is 5.32 Å². The first kappa shape index (κ1) is 22.0. The minimum atomic E-state index is -3.69. The van der Waals surface area contributed by atoms with Crippen molar-refractivity contribution >= 4 is 48.7 Å². The zero-order valence-electron chi connectivity index (χ0n) is 17.9. The van der Waals surface area contributed by atoms with Crippen molar-refractivity contribution in [3.05, 3.63) is 89.3 Å². The van der Waals surface area contributed by atoms with Crippen LogP contribution in [-0.2, 0) is 10.0 Å². The first-order chi connectivity index (χ1) is 15.4. The number of amides is 1. The van der Waals surface area contributed by atoms with Gasteiger partial charge in [0.15, 0.2) is 0 Å². The predicted molar refractivity (Wildman–Crippen MR) is 132 cm³/mol. The number of hydrogen-bond acceptors (Lipinski definition) is 4. The molecule has 0 spiro atoms. The molecule has 0 atom stereocenters. The summed E-state index contributed by atoms with van der Waals surface area (Å²) in [6.45, 7) is 4.25. The van der Waals surface area contributed by atoms with Crippen molar-refractivity contribution in [3.8, 4) is 0 Å². The van der Waals surface area contributed by atoms with Crippen LogP contribution in [0.15, 0.2) is 83.8 Å². The van der Waals surface area contributed by atoms with Gasteiger partial charge in [-0.3, -0.25) is 9.10 Å². The Kier molecular flexibility index (Phi) is 6.30. The lowest BCUT2D eigenvalue weighted by atomic mass is 10.2. The SMILES string of the molecule is CCCN(c1ccc2sc(C(=O)Nc3ccccc3)cc2c1)S(=O)(=O)c1ccc(C)cc1. The molecule has 32 heavy (non-hydrogen) atoms. The van der Waals surface area contributed by atoms with Crippen LogP contribution in [0.4, 0.5) is 11.4 Å². The molecule has 0 aliphatic rings. The Hall–Kier alpha value is -3.16. The molecular formula is C25H24N2O3S2. The summed E-state index contributed by atoms with van der Waals surface area (Å²) in [4.78, 5) is 13.5. The topological polar surface area (TPSA) is 66.5 Å². The Labute approximate surface area is 192 Å². The van der Waals surface area contributed by atoms with Crippen LogP contribution in [0.3, 0.4) is 0 Å². The van der Waals surface area contributed by atoms with E-state index in [-0.39, 0.29) is 10.8 Å². The van der Waals surface area contributed by atoms with Crippen molar-refractivity contribution < 1.29 is 13.2 Å². The first-order valence-corrected chi connectivity index (χ1v) is 12.6. The second-order valence-corrected chi connectivity index (χ2v) is 10.5. The van der Waals surface area contributed by atoms with Crippen LogP contribution in [-0.4, -0.2) is 20.9 Å². The number of nitrogens with one attached hydrogen (secondary N) is 1. The third-order valence-electron chi connectivity index (χ3n) is 5.08. The smallest absolute Gasteiger partial charge is 0.265 e. The Morgan fingerprint density at radius 2 is 1.69 bits per heavy atom. The summed E-state index contributed by atoms with van der Waals surface area (Å²) in [5.41, 5.74) is 2.33. The molecule has 0 saturated heterocycles. The van der Waals surface area contributed by atoms with Gasteiger partial charge in [-0.2, -0.15) is 0 Å². The number of carbonyl (C=O) groups is 1. The van der Waals surface area contributed by atoms with Gasteiger partial charge in [0.05, 0.1) is 15.5 Å². The molecule has 164 valence electrons. The molecule has 4 aromatic rings. The van der Waals surface area contributed by atoms with Crippen LogP contribution in [0.2, 0.25) is 0 Å². The lowest BCUT2D eigenvalue weighted by Gasteiger charge is -2.24. The molecule has 1 heterocycles. The van der Waals surface area contributed by atoms with Gasteiger partial charge in [0.25, 0.3) is 15.9 Å². The highest BCUT2D eigenvalue weighted by atomic mass is 32.2. The molecule has 0 saturated carbocycles. The summed E-state index contributed by atoms with van der Waals surface area (Å²) >= 11 is 1.38. The number of nitrogens with zero attached hydrogens (tertiary/aromatic N) is 1. The lowest BCUT2D eigenvalue weighted by Crippen LogP contribution is -2.31.